The Morgan fingerprint density at radius 1 is 1.20 bits per heavy atom. The maximum Gasteiger partial charge on any atom is 0.133 e. The molecule has 0 aromatic heterocycles. The molecule has 0 aliphatic heterocycles. The molecule has 0 bridgehead atoms. The summed E-state index contributed by atoms with van der Waals surface area (Å²) in [7, 11) is 0. The van der Waals surface area contributed by atoms with Crippen LogP contribution in [0.2, 0.25) is 0 Å². The van der Waals surface area contributed by atoms with Gasteiger partial charge in [0.1, 0.15) is 6.29 Å². The molecule has 1 saturated carbocycles. The van der Waals surface area contributed by atoms with Crippen molar-refractivity contribution >= 4 is 18.0 Å². The molecule has 1 fully saturated rings. The fourth-order valence-corrected chi connectivity index (χ4v) is 3.33. The second-order valence-corrected chi connectivity index (χ2v) is 5.33. The Morgan fingerprint density at radius 3 is 2.47 bits per heavy atom. The molecule has 0 amide bonds. The van der Waals surface area contributed by atoms with Gasteiger partial charge >= 0.3 is 0 Å². The number of thioether (sulfide) groups is 1. The molecular formula is C13H16OS. The third kappa shape index (κ3) is 2.85. The molecule has 1 unspecified atom stereocenters. The molecule has 2 rings (SSSR count). The van der Waals surface area contributed by atoms with Crippen LogP contribution in [0.25, 0.3) is 0 Å². The predicted octanol–water partition coefficient (Wildman–Crippen LogP) is 3.54. The smallest absolute Gasteiger partial charge is 0.133 e. The number of benzene rings is 1. The maximum atomic E-state index is 11.1. The zero-order chi connectivity index (χ0) is 10.5. The third-order valence-electron chi connectivity index (χ3n) is 3.01. The van der Waals surface area contributed by atoms with Crippen LogP contribution in [-0.4, -0.2) is 11.5 Å². The van der Waals surface area contributed by atoms with Crippen molar-refractivity contribution in [3.63, 3.8) is 0 Å². The van der Waals surface area contributed by atoms with Gasteiger partial charge in [0, 0.05) is 4.90 Å². The summed E-state index contributed by atoms with van der Waals surface area (Å²) in [5.41, 5.74) is 0. The largest absolute Gasteiger partial charge is 0.302 e. The standard InChI is InChI=1S/C13H16OS/c14-10-13(11-6-4-5-7-11)15-12-8-2-1-3-9-12/h1-3,8-11,13H,4-7H2. The lowest BCUT2D eigenvalue weighted by Gasteiger charge is -2.16. The van der Waals surface area contributed by atoms with Crippen molar-refractivity contribution < 1.29 is 4.79 Å². The fraction of sp³-hybridized carbons (Fsp3) is 0.462. The van der Waals surface area contributed by atoms with E-state index in [0.29, 0.717) is 5.92 Å². The fourth-order valence-electron chi connectivity index (χ4n) is 2.18. The lowest BCUT2D eigenvalue weighted by molar-refractivity contribution is -0.108. The van der Waals surface area contributed by atoms with Crippen LogP contribution in [0.5, 0.6) is 0 Å². The molecule has 0 saturated heterocycles. The van der Waals surface area contributed by atoms with Gasteiger partial charge in [-0.3, -0.25) is 0 Å². The third-order valence-corrected chi connectivity index (χ3v) is 4.33. The van der Waals surface area contributed by atoms with Crippen molar-refractivity contribution in [2.24, 2.45) is 5.92 Å². The van der Waals surface area contributed by atoms with Crippen LogP contribution < -0.4 is 0 Å². The maximum absolute atomic E-state index is 11.1. The first kappa shape index (κ1) is 10.7. The van der Waals surface area contributed by atoms with Gasteiger partial charge in [-0.1, -0.05) is 31.0 Å². The number of carbonyl (C=O) groups is 1. The highest BCUT2D eigenvalue weighted by Crippen LogP contribution is 2.35. The SMILES string of the molecule is O=CC(Sc1ccccc1)C1CCCC1. The molecular weight excluding hydrogens is 204 g/mol. The molecule has 1 aromatic carbocycles. The first-order valence-electron chi connectivity index (χ1n) is 5.57. The first-order chi connectivity index (χ1) is 7.40. The van der Waals surface area contributed by atoms with Crippen molar-refractivity contribution in [1.82, 2.24) is 0 Å². The molecule has 0 spiro atoms. The Hall–Kier alpha value is -0.760. The van der Waals surface area contributed by atoms with Crippen LogP contribution in [-0.2, 0) is 4.79 Å². The van der Waals surface area contributed by atoms with Gasteiger partial charge in [-0.2, -0.15) is 0 Å². The van der Waals surface area contributed by atoms with E-state index in [-0.39, 0.29) is 5.25 Å². The van der Waals surface area contributed by atoms with E-state index in [1.54, 1.807) is 11.8 Å². The zero-order valence-corrected chi connectivity index (χ0v) is 9.58. The van der Waals surface area contributed by atoms with Gasteiger partial charge in [-0.25, -0.2) is 0 Å². The van der Waals surface area contributed by atoms with Gasteiger partial charge < -0.3 is 4.79 Å². The molecule has 1 nitrogen and oxygen atoms in total. The Balaban J connectivity index is 1.99. The van der Waals surface area contributed by atoms with Gasteiger partial charge in [0.15, 0.2) is 0 Å². The van der Waals surface area contributed by atoms with Gasteiger partial charge in [0.25, 0.3) is 0 Å². The van der Waals surface area contributed by atoms with Gasteiger partial charge in [-0.15, -0.1) is 11.8 Å². The molecule has 0 radical (unpaired) electrons. The normalized spacial score (nSPS) is 18.9. The van der Waals surface area contributed by atoms with Crippen molar-refractivity contribution in [3.8, 4) is 0 Å². The van der Waals surface area contributed by atoms with E-state index in [9.17, 15) is 4.79 Å². The van der Waals surface area contributed by atoms with E-state index in [0.717, 1.165) is 6.29 Å². The quantitative estimate of drug-likeness (QED) is 0.570. The lowest BCUT2D eigenvalue weighted by Crippen LogP contribution is -2.15. The van der Waals surface area contributed by atoms with Crippen molar-refractivity contribution in [2.75, 3.05) is 0 Å². The molecule has 0 N–H and O–H groups in total. The summed E-state index contributed by atoms with van der Waals surface area (Å²) in [6, 6.07) is 10.2. The predicted molar refractivity (Wildman–Crippen MR) is 64.1 cm³/mol. The number of hydrogen-bond donors (Lipinski definition) is 0. The minimum atomic E-state index is 0.162. The Morgan fingerprint density at radius 2 is 1.87 bits per heavy atom. The van der Waals surface area contributed by atoms with Crippen molar-refractivity contribution in [2.45, 2.75) is 35.8 Å². The van der Waals surface area contributed by atoms with Crippen LogP contribution in [0.1, 0.15) is 25.7 Å². The van der Waals surface area contributed by atoms with Crippen molar-refractivity contribution in [1.29, 1.82) is 0 Å². The average molecular weight is 220 g/mol. The Kier molecular flexibility index (Phi) is 3.84. The summed E-state index contributed by atoms with van der Waals surface area (Å²) in [6.45, 7) is 0. The summed E-state index contributed by atoms with van der Waals surface area (Å²) in [6.07, 6.45) is 6.18. The van der Waals surface area contributed by atoms with Crippen LogP contribution in [0.15, 0.2) is 35.2 Å². The average Bonchev–Trinajstić information content (AvgIpc) is 2.81. The summed E-state index contributed by atoms with van der Waals surface area (Å²) < 4.78 is 0. The molecule has 1 aliphatic carbocycles. The van der Waals surface area contributed by atoms with E-state index in [1.165, 1.54) is 30.6 Å². The Bertz CT molecular complexity index is 304. The number of aldehydes is 1. The number of carbonyl (C=O) groups excluding carboxylic acids is 1. The molecule has 1 atom stereocenters. The van der Waals surface area contributed by atoms with Gasteiger partial charge in [0.2, 0.25) is 0 Å². The Labute approximate surface area is 95.3 Å². The van der Waals surface area contributed by atoms with Crippen LogP contribution in [0.4, 0.5) is 0 Å². The van der Waals surface area contributed by atoms with E-state index in [4.69, 9.17) is 0 Å². The molecule has 15 heavy (non-hydrogen) atoms. The summed E-state index contributed by atoms with van der Waals surface area (Å²) in [4.78, 5) is 12.3. The minimum Gasteiger partial charge on any atom is -0.302 e. The highest BCUT2D eigenvalue weighted by Gasteiger charge is 2.25. The highest BCUT2D eigenvalue weighted by atomic mass is 32.2. The monoisotopic (exact) mass is 220 g/mol. The summed E-state index contributed by atoms with van der Waals surface area (Å²) in [5, 5.41) is 0.162. The second kappa shape index (κ2) is 5.36. The summed E-state index contributed by atoms with van der Waals surface area (Å²) in [5.74, 6) is 0.604. The van der Waals surface area contributed by atoms with Crippen molar-refractivity contribution in [3.05, 3.63) is 30.3 Å². The van der Waals surface area contributed by atoms with E-state index in [1.807, 2.05) is 18.2 Å². The highest BCUT2D eigenvalue weighted by molar-refractivity contribution is 8.00. The van der Waals surface area contributed by atoms with E-state index < -0.39 is 0 Å². The van der Waals surface area contributed by atoms with Crippen LogP contribution >= 0.6 is 11.8 Å². The van der Waals surface area contributed by atoms with Gasteiger partial charge in [-0.05, 0) is 30.9 Å². The van der Waals surface area contributed by atoms with E-state index in [2.05, 4.69) is 12.1 Å². The molecule has 0 heterocycles. The first-order valence-corrected chi connectivity index (χ1v) is 6.45. The zero-order valence-electron chi connectivity index (χ0n) is 8.76. The van der Waals surface area contributed by atoms with Gasteiger partial charge in [0.05, 0.1) is 5.25 Å². The minimum absolute atomic E-state index is 0.162. The molecule has 1 aliphatic rings. The number of rotatable bonds is 4. The molecule has 1 aromatic rings. The van der Waals surface area contributed by atoms with Crippen LogP contribution in [0, 0.1) is 5.92 Å². The number of hydrogen-bond acceptors (Lipinski definition) is 2. The van der Waals surface area contributed by atoms with Crippen LogP contribution in [0.3, 0.4) is 0 Å². The lowest BCUT2D eigenvalue weighted by atomic mass is 10.1. The molecule has 2 heteroatoms. The molecule has 80 valence electrons. The summed E-state index contributed by atoms with van der Waals surface area (Å²) >= 11 is 1.72. The van der Waals surface area contributed by atoms with E-state index >= 15 is 0 Å². The topological polar surface area (TPSA) is 17.1 Å². The second-order valence-electron chi connectivity index (χ2n) is 4.08.